The lowest BCUT2D eigenvalue weighted by Crippen LogP contribution is -2.13. The van der Waals surface area contributed by atoms with Crippen LogP contribution in [0.5, 0.6) is 5.75 Å². The Kier molecular flexibility index (Phi) is 4.25. The van der Waals surface area contributed by atoms with Gasteiger partial charge in [-0.3, -0.25) is 5.41 Å². The van der Waals surface area contributed by atoms with Crippen LogP contribution in [0.3, 0.4) is 0 Å². The van der Waals surface area contributed by atoms with E-state index in [1.165, 1.54) is 0 Å². The van der Waals surface area contributed by atoms with Crippen molar-refractivity contribution in [2.75, 3.05) is 19.0 Å². The zero-order chi connectivity index (χ0) is 14.5. The van der Waals surface area contributed by atoms with Crippen LogP contribution in [0.25, 0.3) is 0 Å². The van der Waals surface area contributed by atoms with Gasteiger partial charge in [-0.15, -0.1) is 0 Å². The standard InChI is InChI=1S/C16H19N3O/c1-19(2)13-7-5-6-12(10-13)11-20-15-9-4-3-8-14(15)16(17)18/h3-10H,11H2,1-2H3,(H3,17,18). The van der Waals surface area contributed by atoms with Gasteiger partial charge in [0, 0.05) is 19.8 Å². The van der Waals surface area contributed by atoms with Crippen LogP contribution in [-0.4, -0.2) is 19.9 Å². The number of hydrogen-bond donors (Lipinski definition) is 2. The Balaban J connectivity index is 2.13. The van der Waals surface area contributed by atoms with Crippen LogP contribution in [-0.2, 0) is 6.61 Å². The summed E-state index contributed by atoms with van der Waals surface area (Å²) < 4.78 is 5.78. The van der Waals surface area contributed by atoms with Crippen molar-refractivity contribution in [1.29, 1.82) is 5.41 Å². The fraction of sp³-hybridized carbons (Fsp3) is 0.188. The molecule has 0 aromatic heterocycles. The molecule has 4 nitrogen and oxygen atoms in total. The number of nitrogen functional groups attached to an aromatic ring is 1. The van der Waals surface area contributed by atoms with Crippen molar-refractivity contribution >= 4 is 11.5 Å². The molecule has 2 aromatic rings. The molecule has 3 N–H and O–H groups in total. The van der Waals surface area contributed by atoms with Crippen molar-refractivity contribution in [3.05, 3.63) is 59.7 Å². The fourth-order valence-corrected chi connectivity index (χ4v) is 1.90. The molecule has 0 unspecified atom stereocenters. The van der Waals surface area contributed by atoms with E-state index in [1.807, 2.05) is 55.4 Å². The van der Waals surface area contributed by atoms with Gasteiger partial charge in [-0.2, -0.15) is 0 Å². The number of nitrogens with two attached hydrogens (primary N) is 1. The van der Waals surface area contributed by atoms with E-state index in [4.69, 9.17) is 15.9 Å². The minimum absolute atomic E-state index is 0.0163. The molecule has 2 aromatic carbocycles. The van der Waals surface area contributed by atoms with E-state index in [9.17, 15) is 0 Å². The predicted octanol–water partition coefficient (Wildman–Crippen LogP) is 2.62. The third-order valence-corrected chi connectivity index (χ3v) is 3.00. The molecule has 0 amide bonds. The van der Waals surface area contributed by atoms with E-state index in [2.05, 4.69) is 6.07 Å². The number of benzene rings is 2. The van der Waals surface area contributed by atoms with Crippen molar-refractivity contribution in [2.45, 2.75) is 6.61 Å². The summed E-state index contributed by atoms with van der Waals surface area (Å²) in [5, 5.41) is 7.54. The zero-order valence-electron chi connectivity index (χ0n) is 11.8. The van der Waals surface area contributed by atoms with Crippen molar-refractivity contribution in [3.63, 3.8) is 0 Å². The third-order valence-electron chi connectivity index (χ3n) is 3.00. The molecule has 0 spiro atoms. The second-order valence-corrected chi connectivity index (χ2v) is 4.76. The third kappa shape index (κ3) is 3.29. The highest BCUT2D eigenvalue weighted by Crippen LogP contribution is 2.20. The summed E-state index contributed by atoms with van der Waals surface area (Å²) in [6.45, 7) is 0.450. The van der Waals surface area contributed by atoms with Gasteiger partial charge in [0.25, 0.3) is 0 Å². The average molecular weight is 269 g/mol. The lowest BCUT2D eigenvalue weighted by atomic mass is 10.2. The lowest BCUT2D eigenvalue weighted by molar-refractivity contribution is 0.305. The SMILES string of the molecule is CN(C)c1cccc(COc2ccccc2C(=N)N)c1. The highest BCUT2D eigenvalue weighted by molar-refractivity contribution is 5.97. The van der Waals surface area contributed by atoms with Crippen LogP contribution in [0, 0.1) is 5.41 Å². The molecule has 0 aliphatic carbocycles. The Bertz CT molecular complexity index is 608. The summed E-state index contributed by atoms with van der Waals surface area (Å²) in [7, 11) is 4.01. The van der Waals surface area contributed by atoms with E-state index in [1.54, 1.807) is 6.07 Å². The molecule has 0 atom stereocenters. The maximum absolute atomic E-state index is 7.54. The number of amidine groups is 1. The van der Waals surface area contributed by atoms with Gasteiger partial charge in [-0.1, -0.05) is 24.3 Å². The first kappa shape index (κ1) is 13.9. The molecule has 0 fully saturated rings. The molecule has 0 saturated carbocycles. The zero-order valence-corrected chi connectivity index (χ0v) is 11.8. The maximum atomic E-state index is 7.54. The quantitative estimate of drug-likeness (QED) is 0.648. The van der Waals surface area contributed by atoms with Crippen LogP contribution >= 0.6 is 0 Å². The number of nitrogens with zero attached hydrogens (tertiary/aromatic N) is 1. The number of ether oxygens (including phenoxy) is 1. The van der Waals surface area contributed by atoms with E-state index < -0.39 is 0 Å². The fourth-order valence-electron chi connectivity index (χ4n) is 1.90. The van der Waals surface area contributed by atoms with Crippen LogP contribution < -0.4 is 15.4 Å². The lowest BCUT2D eigenvalue weighted by Gasteiger charge is -2.14. The summed E-state index contributed by atoms with van der Waals surface area (Å²) >= 11 is 0. The molecule has 0 aliphatic heterocycles. The first-order valence-electron chi connectivity index (χ1n) is 6.40. The molecule has 0 bridgehead atoms. The van der Waals surface area contributed by atoms with E-state index in [0.717, 1.165) is 11.3 Å². The second-order valence-electron chi connectivity index (χ2n) is 4.76. The summed E-state index contributed by atoms with van der Waals surface area (Å²) in [4.78, 5) is 2.05. The minimum Gasteiger partial charge on any atom is -0.488 e. The Morgan fingerprint density at radius 3 is 2.60 bits per heavy atom. The molecule has 104 valence electrons. The number of nitrogens with one attached hydrogen (secondary N) is 1. The Morgan fingerprint density at radius 1 is 1.15 bits per heavy atom. The van der Waals surface area contributed by atoms with Gasteiger partial charge < -0.3 is 15.4 Å². The monoisotopic (exact) mass is 269 g/mol. The van der Waals surface area contributed by atoms with Crippen LogP contribution in [0.4, 0.5) is 5.69 Å². The smallest absolute Gasteiger partial charge is 0.130 e. The Hall–Kier alpha value is -2.49. The van der Waals surface area contributed by atoms with Gasteiger partial charge in [0.1, 0.15) is 18.2 Å². The van der Waals surface area contributed by atoms with E-state index in [-0.39, 0.29) is 5.84 Å². The summed E-state index contributed by atoms with van der Waals surface area (Å²) in [6.07, 6.45) is 0. The van der Waals surface area contributed by atoms with E-state index in [0.29, 0.717) is 17.9 Å². The molecule has 2 rings (SSSR count). The van der Waals surface area contributed by atoms with Crippen LogP contribution in [0.2, 0.25) is 0 Å². The van der Waals surface area contributed by atoms with E-state index >= 15 is 0 Å². The Morgan fingerprint density at radius 2 is 1.90 bits per heavy atom. The van der Waals surface area contributed by atoms with Gasteiger partial charge in [-0.25, -0.2) is 0 Å². The maximum Gasteiger partial charge on any atom is 0.130 e. The summed E-state index contributed by atoms with van der Waals surface area (Å²) in [5.74, 6) is 0.651. The highest BCUT2D eigenvalue weighted by Gasteiger charge is 2.06. The van der Waals surface area contributed by atoms with Gasteiger partial charge in [-0.05, 0) is 29.8 Å². The van der Waals surface area contributed by atoms with Crippen molar-refractivity contribution < 1.29 is 4.74 Å². The van der Waals surface area contributed by atoms with Gasteiger partial charge in [0.15, 0.2) is 0 Å². The largest absolute Gasteiger partial charge is 0.488 e. The minimum atomic E-state index is 0.0163. The number of rotatable bonds is 5. The normalized spacial score (nSPS) is 10.1. The topological polar surface area (TPSA) is 62.3 Å². The molecule has 0 heterocycles. The predicted molar refractivity (Wildman–Crippen MR) is 82.6 cm³/mol. The average Bonchev–Trinajstić information content (AvgIpc) is 2.45. The number of hydrogen-bond acceptors (Lipinski definition) is 3. The van der Waals surface area contributed by atoms with Crippen molar-refractivity contribution in [3.8, 4) is 5.75 Å². The first-order chi connectivity index (χ1) is 9.58. The van der Waals surface area contributed by atoms with Crippen molar-refractivity contribution in [2.24, 2.45) is 5.73 Å². The van der Waals surface area contributed by atoms with Gasteiger partial charge in [0.05, 0.1) is 5.56 Å². The van der Waals surface area contributed by atoms with Crippen molar-refractivity contribution in [1.82, 2.24) is 0 Å². The second kappa shape index (κ2) is 6.10. The molecular weight excluding hydrogens is 250 g/mol. The number of para-hydroxylation sites is 1. The summed E-state index contributed by atoms with van der Waals surface area (Å²) in [5.41, 5.74) is 8.37. The first-order valence-corrected chi connectivity index (χ1v) is 6.40. The molecular formula is C16H19N3O. The molecule has 0 radical (unpaired) electrons. The van der Waals surface area contributed by atoms with Crippen LogP contribution in [0.1, 0.15) is 11.1 Å². The Labute approximate surface area is 119 Å². The highest BCUT2D eigenvalue weighted by atomic mass is 16.5. The van der Waals surface area contributed by atoms with Gasteiger partial charge >= 0.3 is 0 Å². The van der Waals surface area contributed by atoms with Gasteiger partial charge in [0.2, 0.25) is 0 Å². The molecule has 4 heteroatoms. The molecule has 20 heavy (non-hydrogen) atoms. The summed E-state index contributed by atoms with van der Waals surface area (Å²) in [6, 6.07) is 15.5. The molecule has 0 aliphatic rings. The molecule has 0 saturated heterocycles. The number of anilines is 1. The van der Waals surface area contributed by atoms with Crippen LogP contribution in [0.15, 0.2) is 48.5 Å².